The van der Waals surface area contributed by atoms with Crippen LogP contribution in [0.4, 0.5) is 27.8 Å². The van der Waals surface area contributed by atoms with Crippen LogP contribution in [0.2, 0.25) is 0 Å². The van der Waals surface area contributed by atoms with Gasteiger partial charge in [-0.2, -0.15) is 23.0 Å². The molecule has 2 aromatic heterocycles. The summed E-state index contributed by atoms with van der Waals surface area (Å²) in [5, 5.41) is 3.52. The zero-order chi connectivity index (χ0) is 17.5. The molecule has 0 saturated heterocycles. The maximum atomic E-state index is 13.3. The van der Waals surface area contributed by atoms with Gasteiger partial charge in [-0.15, -0.1) is 0 Å². The average Bonchev–Trinajstić information content (AvgIpc) is 2.86. The summed E-state index contributed by atoms with van der Waals surface area (Å²) in [6.45, 7) is 0. The molecule has 1 saturated carbocycles. The van der Waals surface area contributed by atoms with E-state index in [0.717, 1.165) is 4.68 Å². The third-order valence-corrected chi connectivity index (χ3v) is 4.09. The summed E-state index contributed by atoms with van der Waals surface area (Å²) in [4.78, 5) is 7.67. The van der Waals surface area contributed by atoms with Crippen molar-refractivity contribution in [1.82, 2.24) is 19.7 Å². The molecule has 3 rings (SSSR count). The molecular weight excluding hydrogens is 333 g/mol. The van der Waals surface area contributed by atoms with Gasteiger partial charge in [0.05, 0.1) is 0 Å². The fraction of sp³-hybridized carbons (Fsp3) is 0.500. The molecule has 0 aliphatic heterocycles. The second-order valence-corrected chi connectivity index (χ2v) is 5.74. The van der Waals surface area contributed by atoms with Crippen LogP contribution in [0.25, 0.3) is 5.95 Å². The van der Waals surface area contributed by atoms with E-state index in [1.165, 1.54) is 18.5 Å². The van der Waals surface area contributed by atoms with Gasteiger partial charge >= 0.3 is 6.18 Å². The number of hydrogen-bond acceptors (Lipinski definition) is 4. The molecule has 5 nitrogen and oxygen atoms in total. The summed E-state index contributed by atoms with van der Waals surface area (Å²) in [6.07, 6.45) is -3.16. The molecule has 0 aromatic carbocycles. The topological polar surface area (TPSA) is 69.6 Å². The second kappa shape index (κ2) is 5.67. The van der Waals surface area contributed by atoms with E-state index in [-0.39, 0.29) is 30.2 Å². The van der Waals surface area contributed by atoms with E-state index in [1.807, 2.05) is 0 Å². The standard InChI is InChI=1S/C14H14F5N5/c15-13(16)4-2-8(3-5-13)9-10(14(17,18)19)23-24(11(9)20)12-21-6-1-7-22-12/h1,6-8H,2-5,20H2. The maximum Gasteiger partial charge on any atom is 0.435 e. The molecule has 0 radical (unpaired) electrons. The van der Waals surface area contributed by atoms with Crippen molar-refractivity contribution in [3.05, 3.63) is 29.7 Å². The van der Waals surface area contributed by atoms with E-state index in [0.29, 0.717) is 0 Å². The molecule has 130 valence electrons. The Balaban J connectivity index is 2.06. The van der Waals surface area contributed by atoms with Crippen molar-refractivity contribution in [3.63, 3.8) is 0 Å². The molecule has 2 aromatic rings. The summed E-state index contributed by atoms with van der Waals surface area (Å²) in [7, 11) is 0. The van der Waals surface area contributed by atoms with Gasteiger partial charge in [0.1, 0.15) is 5.82 Å². The van der Waals surface area contributed by atoms with E-state index >= 15 is 0 Å². The van der Waals surface area contributed by atoms with Gasteiger partial charge in [-0.05, 0) is 24.8 Å². The Labute approximate surface area is 133 Å². The molecule has 0 amide bonds. The minimum atomic E-state index is -4.75. The van der Waals surface area contributed by atoms with Crippen molar-refractivity contribution in [2.24, 2.45) is 0 Å². The lowest BCUT2D eigenvalue weighted by molar-refractivity contribution is -0.142. The first-order valence-corrected chi connectivity index (χ1v) is 7.30. The maximum absolute atomic E-state index is 13.3. The molecule has 1 aliphatic rings. The summed E-state index contributed by atoms with van der Waals surface area (Å²) in [6, 6.07) is 1.50. The van der Waals surface area contributed by atoms with Gasteiger partial charge in [0.15, 0.2) is 5.69 Å². The fourth-order valence-corrected chi connectivity index (χ4v) is 2.94. The largest absolute Gasteiger partial charge is 0.435 e. The number of nitrogens with zero attached hydrogens (tertiary/aromatic N) is 4. The number of alkyl halides is 5. The predicted molar refractivity (Wildman–Crippen MR) is 74.7 cm³/mol. The number of rotatable bonds is 2. The molecule has 1 aliphatic carbocycles. The van der Waals surface area contributed by atoms with Crippen molar-refractivity contribution in [2.45, 2.75) is 43.7 Å². The molecule has 2 N–H and O–H groups in total. The lowest BCUT2D eigenvalue weighted by atomic mass is 9.82. The van der Waals surface area contributed by atoms with Crippen LogP contribution in [0.3, 0.4) is 0 Å². The van der Waals surface area contributed by atoms with Crippen LogP contribution in [0.15, 0.2) is 18.5 Å². The quantitative estimate of drug-likeness (QED) is 0.844. The van der Waals surface area contributed by atoms with Gasteiger partial charge < -0.3 is 5.73 Å². The Morgan fingerprint density at radius 2 is 1.71 bits per heavy atom. The third-order valence-electron chi connectivity index (χ3n) is 4.09. The van der Waals surface area contributed by atoms with Crippen LogP contribution in [-0.4, -0.2) is 25.7 Å². The van der Waals surface area contributed by atoms with Crippen LogP contribution in [0.5, 0.6) is 0 Å². The third kappa shape index (κ3) is 3.04. The summed E-state index contributed by atoms with van der Waals surface area (Å²) >= 11 is 0. The number of nitrogens with two attached hydrogens (primary N) is 1. The predicted octanol–water partition coefficient (Wildman–Crippen LogP) is 3.56. The Hall–Kier alpha value is -2.26. The minimum absolute atomic E-state index is 0.0817. The highest BCUT2D eigenvalue weighted by Gasteiger charge is 2.44. The minimum Gasteiger partial charge on any atom is -0.383 e. The summed E-state index contributed by atoms with van der Waals surface area (Å²) in [5.74, 6) is -3.93. The molecule has 0 spiro atoms. The number of halogens is 5. The lowest BCUT2D eigenvalue weighted by Crippen LogP contribution is -2.25. The van der Waals surface area contributed by atoms with Crippen LogP contribution in [-0.2, 0) is 6.18 Å². The monoisotopic (exact) mass is 347 g/mol. The molecule has 0 atom stereocenters. The molecule has 0 bridgehead atoms. The van der Waals surface area contributed by atoms with Gasteiger partial charge in [0.2, 0.25) is 5.92 Å². The van der Waals surface area contributed by atoms with Gasteiger partial charge in [0, 0.05) is 30.8 Å². The van der Waals surface area contributed by atoms with Crippen LogP contribution in [0.1, 0.15) is 42.9 Å². The van der Waals surface area contributed by atoms with Gasteiger partial charge in [0.25, 0.3) is 5.95 Å². The van der Waals surface area contributed by atoms with Gasteiger partial charge in [-0.3, -0.25) is 0 Å². The molecule has 1 fully saturated rings. The summed E-state index contributed by atoms with van der Waals surface area (Å²) < 4.78 is 67.5. The van der Waals surface area contributed by atoms with Crippen molar-refractivity contribution in [2.75, 3.05) is 5.73 Å². The normalized spacial score (nSPS) is 18.7. The van der Waals surface area contributed by atoms with E-state index in [2.05, 4.69) is 15.1 Å². The average molecular weight is 347 g/mol. The number of aromatic nitrogens is 4. The molecule has 2 heterocycles. The SMILES string of the molecule is Nc1c(C2CCC(F)(F)CC2)c(C(F)(F)F)nn1-c1ncccn1. The lowest BCUT2D eigenvalue weighted by Gasteiger charge is -2.28. The smallest absolute Gasteiger partial charge is 0.383 e. The highest BCUT2D eigenvalue weighted by atomic mass is 19.4. The molecule has 10 heteroatoms. The highest BCUT2D eigenvalue weighted by molar-refractivity contribution is 5.50. The first-order valence-electron chi connectivity index (χ1n) is 7.30. The van der Waals surface area contributed by atoms with Crippen molar-refractivity contribution >= 4 is 5.82 Å². The molecule has 0 unspecified atom stereocenters. The van der Waals surface area contributed by atoms with E-state index in [1.54, 1.807) is 0 Å². The summed E-state index contributed by atoms with van der Waals surface area (Å²) in [5.41, 5.74) is 4.46. The van der Waals surface area contributed by atoms with Gasteiger partial charge in [-0.1, -0.05) is 0 Å². The van der Waals surface area contributed by atoms with Crippen molar-refractivity contribution < 1.29 is 22.0 Å². The Morgan fingerprint density at radius 1 is 1.12 bits per heavy atom. The van der Waals surface area contributed by atoms with Crippen LogP contribution >= 0.6 is 0 Å². The Morgan fingerprint density at radius 3 is 2.25 bits per heavy atom. The number of hydrogen-bond donors (Lipinski definition) is 1. The van der Waals surface area contributed by atoms with E-state index in [9.17, 15) is 22.0 Å². The first kappa shape index (κ1) is 16.6. The molecule has 24 heavy (non-hydrogen) atoms. The Bertz CT molecular complexity index is 715. The van der Waals surface area contributed by atoms with E-state index < -0.39 is 36.6 Å². The van der Waals surface area contributed by atoms with E-state index in [4.69, 9.17) is 5.73 Å². The van der Waals surface area contributed by atoms with Gasteiger partial charge in [-0.25, -0.2) is 18.7 Å². The first-order chi connectivity index (χ1) is 11.2. The Kier molecular flexibility index (Phi) is 3.92. The number of anilines is 1. The highest BCUT2D eigenvalue weighted by Crippen LogP contribution is 2.46. The van der Waals surface area contributed by atoms with Crippen LogP contribution < -0.4 is 5.73 Å². The molecular formula is C14H14F5N5. The number of nitrogen functional groups attached to an aromatic ring is 1. The van der Waals surface area contributed by atoms with Crippen molar-refractivity contribution in [1.29, 1.82) is 0 Å². The zero-order valence-electron chi connectivity index (χ0n) is 12.4. The zero-order valence-corrected chi connectivity index (χ0v) is 12.4. The van der Waals surface area contributed by atoms with Crippen LogP contribution in [0, 0.1) is 0 Å². The fourth-order valence-electron chi connectivity index (χ4n) is 2.94. The second-order valence-electron chi connectivity index (χ2n) is 5.74. The van der Waals surface area contributed by atoms with Crippen molar-refractivity contribution in [3.8, 4) is 5.95 Å².